The van der Waals surface area contributed by atoms with Crippen LogP contribution in [-0.2, 0) is 6.42 Å². The molecule has 0 radical (unpaired) electrons. The Bertz CT molecular complexity index is 243. The second-order valence-corrected chi connectivity index (χ2v) is 3.06. The summed E-state index contributed by atoms with van der Waals surface area (Å²) in [5.41, 5.74) is 5.57. The van der Waals surface area contributed by atoms with Gasteiger partial charge in [-0.1, -0.05) is 0 Å². The summed E-state index contributed by atoms with van der Waals surface area (Å²) in [5, 5.41) is 3.75. The van der Waals surface area contributed by atoms with E-state index in [9.17, 15) is 0 Å². The third-order valence-corrected chi connectivity index (χ3v) is 1.35. The first-order chi connectivity index (χ1) is 5.59. The van der Waals surface area contributed by atoms with Crippen LogP contribution in [0.5, 0.6) is 0 Å². The smallest absolute Gasteiger partial charge is 0.265 e. The molecule has 0 amide bonds. The standard InChI is InChI=1S/C7H14N4O/c1-5(8)4-6-9-7(10-12-6)11(2)3/h5H,4,8H2,1-3H3. The number of nitrogens with two attached hydrogens (primary N) is 1. The molecule has 0 aromatic carbocycles. The molecule has 1 heterocycles. The number of nitrogens with zero attached hydrogens (tertiary/aromatic N) is 3. The monoisotopic (exact) mass is 170 g/mol. The molecule has 5 nitrogen and oxygen atoms in total. The maximum absolute atomic E-state index is 5.57. The Balaban J connectivity index is 2.64. The molecule has 0 aliphatic rings. The summed E-state index contributed by atoms with van der Waals surface area (Å²) in [6, 6.07) is 0.0560. The van der Waals surface area contributed by atoms with Crippen molar-refractivity contribution in [2.24, 2.45) is 5.73 Å². The Morgan fingerprint density at radius 1 is 1.58 bits per heavy atom. The van der Waals surface area contributed by atoms with Crippen molar-refractivity contribution in [2.75, 3.05) is 19.0 Å². The predicted octanol–water partition coefficient (Wildman–Crippen LogP) is 0.0253. The Hall–Kier alpha value is -1.10. The fourth-order valence-corrected chi connectivity index (χ4v) is 0.786. The van der Waals surface area contributed by atoms with Gasteiger partial charge in [-0.15, -0.1) is 0 Å². The van der Waals surface area contributed by atoms with E-state index in [4.69, 9.17) is 10.3 Å². The second kappa shape index (κ2) is 3.53. The Morgan fingerprint density at radius 3 is 2.67 bits per heavy atom. The molecule has 0 saturated carbocycles. The SMILES string of the molecule is CC(N)Cc1nc(N(C)C)no1. The highest BCUT2D eigenvalue weighted by molar-refractivity contribution is 5.23. The molecule has 1 atom stereocenters. The van der Waals surface area contributed by atoms with Crippen molar-refractivity contribution in [3.05, 3.63) is 5.89 Å². The zero-order valence-corrected chi connectivity index (χ0v) is 7.61. The van der Waals surface area contributed by atoms with Crippen molar-refractivity contribution in [3.63, 3.8) is 0 Å². The highest BCUT2D eigenvalue weighted by atomic mass is 16.5. The Labute approximate surface area is 71.5 Å². The van der Waals surface area contributed by atoms with Gasteiger partial charge in [0, 0.05) is 26.6 Å². The van der Waals surface area contributed by atoms with Crippen LogP contribution >= 0.6 is 0 Å². The van der Waals surface area contributed by atoms with E-state index in [-0.39, 0.29) is 6.04 Å². The molecule has 0 aliphatic carbocycles. The molecule has 1 rings (SSSR count). The van der Waals surface area contributed by atoms with Gasteiger partial charge in [0.15, 0.2) is 0 Å². The molecule has 0 bridgehead atoms. The van der Waals surface area contributed by atoms with E-state index in [0.29, 0.717) is 18.3 Å². The zero-order valence-electron chi connectivity index (χ0n) is 7.61. The molecular weight excluding hydrogens is 156 g/mol. The van der Waals surface area contributed by atoms with Crippen molar-refractivity contribution < 1.29 is 4.52 Å². The lowest BCUT2D eigenvalue weighted by Crippen LogP contribution is -2.18. The minimum Gasteiger partial charge on any atom is -0.344 e. The van der Waals surface area contributed by atoms with E-state index in [1.54, 1.807) is 4.90 Å². The molecule has 5 heteroatoms. The van der Waals surface area contributed by atoms with Crippen LogP contribution in [0.15, 0.2) is 4.52 Å². The van der Waals surface area contributed by atoms with Crippen molar-refractivity contribution in [3.8, 4) is 0 Å². The van der Waals surface area contributed by atoms with Crippen LogP contribution in [0.25, 0.3) is 0 Å². The minimum absolute atomic E-state index is 0.0560. The normalized spacial score (nSPS) is 13.0. The molecule has 0 spiro atoms. The highest BCUT2D eigenvalue weighted by Gasteiger charge is 2.08. The van der Waals surface area contributed by atoms with Gasteiger partial charge in [0.2, 0.25) is 5.89 Å². The van der Waals surface area contributed by atoms with E-state index in [0.717, 1.165) is 0 Å². The van der Waals surface area contributed by atoms with Crippen LogP contribution in [0, 0.1) is 0 Å². The molecular formula is C7H14N4O. The quantitative estimate of drug-likeness (QED) is 0.693. The average molecular weight is 170 g/mol. The Morgan fingerprint density at radius 2 is 2.25 bits per heavy atom. The molecule has 12 heavy (non-hydrogen) atoms. The van der Waals surface area contributed by atoms with Crippen LogP contribution in [0.2, 0.25) is 0 Å². The van der Waals surface area contributed by atoms with Gasteiger partial charge in [-0.2, -0.15) is 4.98 Å². The first kappa shape index (κ1) is 8.99. The lowest BCUT2D eigenvalue weighted by molar-refractivity contribution is 0.371. The number of rotatable bonds is 3. The molecule has 1 aromatic rings. The molecule has 1 unspecified atom stereocenters. The lowest BCUT2D eigenvalue weighted by atomic mass is 10.2. The van der Waals surface area contributed by atoms with Crippen molar-refractivity contribution >= 4 is 5.95 Å². The van der Waals surface area contributed by atoms with Crippen LogP contribution in [0.1, 0.15) is 12.8 Å². The van der Waals surface area contributed by atoms with E-state index in [2.05, 4.69) is 10.1 Å². The first-order valence-electron chi connectivity index (χ1n) is 3.85. The van der Waals surface area contributed by atoms with Gasteiger partial charge in [-0.05, 0) is 12.1 Å². The maximum Gasteiger partial charge on any atom is 0.265 e. The number of anilines is 1. The number of hydrogen-bond acceptors (Lipinski definition) is 5. The summed E-state index contributed by atoms with van der Waals surface area (Å²) in [5.74, 6) is 1.18. The molecule has 0 saturated heterocycles. The third kappa shape index (κ3) is 2.20. The summed E-state index contributed by atoms with van der Waals surface area (Å²) in [6.45, 7) is 1.90. The highest BCUT2D eigenvalue weighted by Crippen LogP contribution is 2.06. The van der Waals surface area contributed by atoms with Crippen LogP contribution < -0.4 is 10.6 Å². The van der Waals surface area contributed by atoms with Crippen LogP contribution in [0.4, 0.5) is 5.95 Å². The van der Waals surface area contributed by atoms with Gasteiger partial charge >= 0.3 is 0 Å². The van der Waals surface area contributed by atoms with Crippen molar-refractivity contribution in [1.29, 1.82) is 0 Å². The zero-order chi connectivity index (χ0) is 9.14. The summed E-state index contributed by atoms with van der Waals surface area (Å²) >= 11 is 0. The van der Waals surface area contributed by atoms with Gasteiger partial charge in [-0.25, -0.2) is 0 Å². The van der Waals surface area contributed by atoms with Crippen LogP contribution in [0.3, 0.4) is 0 Å². The minimum atomic E-state index is 0.0560. The van der Waals surface area contributed by atoms with E-state index >= 15 is 0 Å². The average Bonchev–Trinajstić information content (AvgIpc) is 2.34. The van der Waals surface area contributed by atoms with Gasteiger partial charge in [0.1, 0.15) is 0 Å². The maximum atomic E-state index is 5.57. The fourth-order valence-electron chi connectivity index (χ4n) is 0.786. The topological polar surface area (TPSA) is 68.2 Å². The molecule has 0 fully saturated rings. The molecule has 0 aliphatic heterocycles. The summed E-state index contributed by atoms with van der Waals surface area (Å²) in [6.07, 6.45) is 0.626. The van der Waals surface area contributed by atoms with Crippen molar-refractivity contribution in [2.45, 2.75) is 19.4 Å². The molecule has 1 aromatic heterocycles. The van der Waals surface area contributed by atoms with Gasteiger partial charge < -0.3 is 15.2 Å². The lowest BCUT2D eigenvalue weighted by Gasteiger charge is -2.02. The fraction of sp³-hybridized carbons (Fsp3) is 0.714. The van der Waals surface area contributed by atoms with Crippen LogP contribution in [-0.4, -0.2) is 30.3 Å². The van der Waals surface area contributed by atoms with Gasteiger partial charge in [0.05, 0.1) is 0 Å². The predicted molar refractivity (Wildman–Crippen MR) is 46.0 cm³/mol. The Kier molecular flexibility index (Phi) is 2.65. The van der Waals surface area contributed by atoms with E-state index in [1.807, 2.05) is 21.0 Å². The second-order valence-electron chi connectivity index (χ2n) is 3.06. The summed E-state index contributed by atoms with van der Waals surface area (Å²) in [7, 11) is 3.72. The van der Waals surface area contributed by atoms with Crippen molar-refractivity contribution in [1.82, 2.24) is 10.1 Å². The molecule has 2 N–H and O–H groups in total. The van der Waals surface area contributed by atoms with E-state index < -0.39 is 0 Å². The number of aromatic nitrogens is 2. The van der Waals surface area contributed by atoms with Gasteiger partial charge in [-0.3, -0.25) is 0 Å². The van der Waals surface area contributed by atoms with E-state index in [1.165, 1.54) is 0 Å². The summed E-state index contributed by atoms with van der Waals surface area (Å²) < 4.78 is 4.95. The number of hydrogen-bond donors (Lipinski definition) is 1. The first-order valence-corrected chi connectivity index (χ1v) is 3.85. The molecule has 68 valence electrons. The summed E-state index contributed by atoms with van der Waals surface area (Å²) in [4.78, 5) is 5.90. The van der Waals surface area contributed by atoms with Gasteiger partial charge in [0.25, 0.3) is 5.95 Å². The largest absolute Gasteiger partial charge is 0.344 e. The third-order valence-electron chi connectivity index (χ3n) is 1.35.